The van der Waals surface area contributed by atoms with Crippen molar-refractivity contribution < 1.29 is 22.5 Å². The fourth-order valence-electron chi connectivity index (χ4n) is 2.85. The standard InChI is InChI=1S/C20H13ClF2N2O3/c1-9-5-17-12(7-13(9)21)10(2)19(27-17)20(26)24-18-8-16(25-28-18)11-3-4-14(22)15(23)6-11/h3-8H,1-2H3,(H,24,26). The highest BCUT2D eigenvalue weighted by molar-refractivity contribution is 6.32. The molecule has 2 aromatic heterocycles. The van der Waals surface area contributed by atoms with Crippen molar-refractivity contribution in [2.75, 3.05) is 5.32 Å². The van der Waals surface area contributed by atoms with E-state index in [1.54, 1.807) is 19.1 Å². The largest absolute Gasteiger partial charge is 0.451 e. The molecule has 0 saturated carbocycles. The summed E-state index contributed by atoms with van der Waals surface area (Å²) < 4.78 is 37.2. The van der Waals surface area contributed by atoms with Crippen molar-refractivity contribution >= 4 is 34.4 Å². The number of rotatable bonds is 3. The number of aryl methyl sites for hydroxylation is 2. The summed E-state index contributed by atoms with van der Waals surface area (Å²) in [5.74, 6) is -2.34. The van der Waals surface area contributed by atoms with E-state index in [4.69, 9.17) is 20.5 Å². The second-order valence-electron chi connectivity index (χ2n) is 6.31. The van der Waals surface area contributed by atoms with Crippen LogP contribution in [0.3, 0.4) is 0 Å². The third-order valence-electron chi connectivity index (χ3n) is 4.39. The maximum Gasteiger partial charge on any atom is 0.294 e. The van der Waals surface area contributed by atoms with Gasteiger partial charge in [0.05, 0.1) is 0 Å². The van der Waals surface area contributed by atoms with Crippen LogP contribution < -0.4 is 5.32 Å². The predicted octanol–water partition coefficient (Wildman–Crippen LogP) is 5.89. The van der Waals surface area contributed by atoms with E-state index in [9.17, 15) is 13.6 Å². The smallest absolute Gasteiger partial charge is 0.294 e. The van der Waals surface area contributed by atoms with E-state index in [1.165, 1.54) is 12.1 Å². The lowest BCUT2D eigenvalue weighted by molar-refractivity contribution is 0.0994. The summed E-state index contributed by atoms with van der Waals surface area (Å²) in [7, 11) is 0. The molecule has 0 atom stereocenters. The highest BCUT2D eigenvalue weighted by atomic mass is 35.5. The molecule has 4 rings (SSSR count). The van der Waals surface area contributed by atoms with Crippen molar-refractivity contribution in [3.05, 3.63) is 69.9 Å². The zero-order valence-corrected chi connectivity index (χ0v) is 15.5. The molecule has 1 N–H and O–H groups in total. The normalized spacial score (nSPS) is 11.2. The lowest BCUT2D eigenvalue weighted by Crippen LogP contribution is -2.11. The number of hydrogen-bond acceptors (Lipinski definition) is 4. The van der Waals surface area contributed by atoms with Gasteiger partial charge in [-0.3, -0.25) is 10.1 Å². The summed E-state index contributed by atoms with van der Waals surface area (Å²) in [4.78, 5) is 12.6. The van der Waals surface area contributed by atoms with Crippen LogP contribution in [0.2, 0.25) is 5.02 Å². The van der Waals surface area contributed by atoms with Gasteiger partial charge >= 0.3 is 0 Å². The molecule has 0 aliphatic heterocycles. The number of nitrogens with one attached hydrogen (secondary N) is 1. The molecule has 0 spiro atoms. The van der Waals surface area contributed by atoms with Crippen molar-refractivity contribution in [3.63, 3.8) is 0 Å². The fraction of sp³-hybridized carbons (Fsp3) is 0.100. The molecular weight excluding hydrogens is 390 g/mol. The average molecular weight is 403 g/mol. The van der Waals surface area contributed by atoms with E-state index in [0.717, 1.165) is 23.1 Å². The molecule has 0 bridgehead atoms. The number of halogens is 3. The number of carbonyl (C=O) groups excluding carboxylic acids is 1. The van der Waals surface area contributed by atoms with Crippen LogP contribution in [0.4, 0.5) is 14.7 Å². The van der Waals surface area contributed by atoms with Gasteiger partial charge in [0.2, 0.25) is 5.88 Å². The molecule has 142 valence electrons. The molecule has 0 aliphatic carbocycles. The number of fused-ring (bicyclic) bond motifs is 1. The lowest BCUT2D eigenvalue weighted by Gasteiger charge is -1.98. The first-order valence-corrected chi connectivity index (χ1v) is 8.64. The second kappa shape index (κ2) is 6.76. The molecule has 0 aliphatic rings. The summed E-state index contributed by atoms with van der Waals surface area (Å²) in [5.41, 5.74) is 2.58. The fourth-order valence-corrected chi connectivity index (χ4v) is 3.02. The highest BCUT2D eigenvalue weighted by Crippen LogP contribution is 2.31. The number of carbonyl (C=O) groups is 1. The van der Waals surface area contributed by atoms with E-state index in [2.05, 4.69) is 10.5 Å². The SMILES string of the molecule is Cc1cc2oc(C(=O)Nc3cc(-c4ccc(F)c(F)c4)no3)c(C)c2cc1Cl. The summed E-state index contributed by atoms with van der Waals surface area (Å²) >= 11 is 6.14. The van der Waals surface area contributed by atoms with Gasteiger partial charge in [0, 0.05) is 27.6 Å². The van der Waals surface area contributed by atoms with E-state index >= 15 is 0 Å². The van der Waals surface area contributed by atoms with Crippen LogP contribution in [0.1, 0.15) is 21.7 Å². The van der Waals surface area contributed by atoms with Crippen LogP contribution in [0.15, 0.2) is 45.3 Å². The second-order valence-corrected chi connectivity index (χ2v) is 6.72. The van der Waals surface area contributed by atoms with Gasteiger partial charge in [0.15, 0.2) is 17.4 Å². The van der Waals surface area contributed by atoms with Crippen molar-refractivity contribution in [2.45, 2.75) is 13.8 Å². The van der Waals surface area contributed by atoms with Gasteiger partial charge in [-0.05, 0) is 49.7 Å². The maximum atomic E-state index is 13.4. The minimum Gasteiger partial charge on any atom is -0.451 e. The number of furan rings is 1. The summed E-state index contributed by atoms with van der Waals surface area (Å²) in [6.45, 7) is 3.59. The van der Waals surface area contributed by atoms with Crippen molar-refractivity contribution in [1.29, 1.82) is 0 Å². The monoisotopic (exact) mass is 402 g/mol. The van der Waals surface area contributed by atoms with Crippen LogP contribution >= 0.6 is 11.6 Å². The van der Waals surface area contributed by atoms with Crippen molar-refractivity contribution in [3.8, 4) is 11.3 Å². The number of nitrogens with zero attached hydrogens (tertiary/aromatic N) is 1. The van der Waals surface area contributed by atoms with Gasteiger partial charge in [0.1, 0.15) is 11.3 Å². The first-order valence-electron chi connectivity index (χ1n) is 8.26. The zero-order chi connectivity index (χ0) is 20.0. The topological polar surface area (TPSA) is 68.3 Å². The van der Waals surface area contributed by atoms with Crippen LogP contribution in [-0.4, -0.2) is 11.1 Å². The lowest BCUT2D eigenvalue weighted by atomic mass is 10.1. The van der Waals surface area contributed by atoms with Gasteiger partial charge in [-0.25, -0.2) is 8.78 Å². The van der Waals surface area contributed by atoms with Gasteiger partial charge in [0.25, 0.3) is 5.91 Å². The Morgan fingerprint density at radius 3 is 2.64 bits per heavy atom. The van der Waals surface area contributed by atoms with Gasteiger partial charge in [-0.15, -0.1) is 0 Å². The number of aromatic nitrogens is 1. The molecule has 0 radical (unpaired) electrons. The van der Waals surface area contributed by atoms with Gasteiger partial charge in [-0.2, -0.15) is 0 Å². The Hall–Kier alpha value is -3.19. The average Bonchev–Trinajstić information content (AvgIpc) is 3.23. The Bertz CT molecular complexity index is 1230. The van der Waals surface area contributed by atoms with E-state index in [0.29, 0.717) is 21.7 Å². The molecule has 28 heavy (non-hydrogen) atoms. The molecule has 4 aromatic rings. The molecule has 0 saturated heterocycles. The van der Waals surface area contributed by atoms with Crippen LogP contribution in [0, 0.1) is 25.5 Å². The number of amides is 1. The zero-order valence-electron chi connectivity index (χ0n) is 14.8. The molecule has 0 unspecified atom stereocenters. The van der Waals surface area contributed by atoms with Gasteiger partial charge in [-0.1, -0.05) is 16.8 Å². The number of anilines is 1. The van der Waals surface area contributed by atoms with Crippen LogP contribution in [-0.2, 0) is 0 Å². The predicted molar refractivity (Wildman–Crippen MR) is 101 cm³/mol. The first-order chi connectivity index (χ1) is 13.3. The third kappa shape index (κ3) is 3.14. The van der Waals surface area contributed by atoms with Crippen molar-refractivity contribution in [1.82, 2.24) is 5.16 Å². The molecule has 8 heteroatoms. The van der Waals surface area contributed by atoms with Crippen LogP contribution in [0.25, 0.3) is 22.2 Å². The molecular formula is C20H13ClF2N2O3. The van der Waals surface area contributed by atoms with Crippen molar-refractivity contribution in [2.24, 2.45) is 0 Å². The minimum atomic E-state index is -1.00. The Morgan fingerprint density at radius 1 is 1.11 bits per heavy atom. The molecule has 2 aromatic carbocycles. The summed E-state index contributed by atoms with van der Waals surface area (Å²) in [5, 5.41) is 7.62. The highest BCUT2D eigenvalue weighted by Gasteiger charge is 2.20. The summed E-state index contributed by atoms with van der Waals surface area (Å²) in [6.07, 6.45) is 0. The Morgan fingerprint density at radius 2 is 1.89 bits per heavy atom. The van der Waals surface area contributed by atoms with E-state index in [1.807, 2.05) is 6.92 Å². The van der Waals surface area contributed by atoms with E-state index < -0.39 is 17.5 Å². The summed E-state index contributed by atoms with van der Waals surface area (Å²) in [6, 6.07) is 8.26. The van der Waals surface area contributed by atoms with Gasteiger partial charge < -0.3 is 8.94 Å². The Labute approximate surface area is 162 Å². The maximum absolute atomic E-state index is 13.4. The molecule has 1 amide bonds. The quantitative estimate of drug-likeness (QED) is 0.464. The first kappa shape index (κ1) is 18.2. The molecule has 0 fully saturated rings. The molecule has 2 heterocycles. The number of benzene rings is 2. The van der Waals surface area contributed by atoms with E-state index in [-0.39, 0.29) is 17.3 Å². The third-order valence-corrected chi connectivity index (χ3v) is 4.79. The number of hydrogen-bond donors (Lipinski definition) is 1. The minimum absolute atomic E-state index is 0.0406. The molecule has 5 nitrogen and oxygen atoms in total. The Kier molecular flexibility index (Phi) is 4.39. The Balaban J connectivity index is 1.61. The van der Waals surface area contributed by atoms with Crippen LogP contribution in [0.5, 0.6) is 0 Å².